The van der Waals surface area contributed by atoms with Gasteiger partial charge in [-0.15, -0.1) is 0 Å². The molecule has 4 heteroatoms. The second-order valence-corrected chi connectivity index (χ2v) is 4.47. The third-order valence-corrected chi connectivity index (χ3v) is 2.99. The van der Waals surface area contributed by atoms with Crippen molar-refractivity contribution in [2.24, 2.45) is 0 Å². The van der Waals surface area contributed by atoms with Gasteiger partial charge >= 0.3 is 0 Å². The summed E-state index contributed by atoms with van der Waals surface area (Å²) < 4.78 is 4.54. The third-order valence-electron chi connectivity index (χ3n) is 2.99. The van der Waals surface area contributed by atoms with Crippen LogP contribution >= 0.6 is 0 Å². The molecule has 1 heterocycles. The number of ether oxygens (including phenoxy) is 1. The molecule has 0 radical (unpaired) electrons. The minimum absolute atomic E-state index is 0.365. The number of piperidine rings is 1. The van der Waals surface area contributed by atoms with Crippen molar-refractivity contribution in [1.82, 2.24) is 10.6 Å². The van der Waals surface area contributed by atoms with E-state index in [9.17, 15) is 4.79 Å². The van der Waals surface area contributed by atoms with Gasteiger partial charge in [-0.3, -0.25) is 4.79 Å². The molecule has 1 saturated heterocycles. The van der Waals surface area contributed by atoms with E-state index in [-0.39, 0.29) is 0 Å². The highest BCUT2D eigenvalue weighted by molar-refractivity contribution is 5.37. The Labute approximate surface area is 115 Å². The van der Waals surface area contributed by atoms with Crippen molar-refractivity contribution in [2.45, 2.75) is 32.4 Å². The first-order chi connectivity index (χ1) is 9.36. The molecule has 0 bridgehead atoms. The second kappa shape index (κ2) is 10.5. The summed E-state index contributed by atoms with van der Waals surface area (Å²) in [5, 5.41) is 6.78. The first kappa shape index (κ1) is 15.7. The van der Waals surface area contributed by atoms with E-state index in [0.29, 0.717) is 13.1 Å². The highest BCUT2D eigenvalue weighted by Crippen LogP contribution is 2.00. The lowest BCUT2D eigenvalue weighted by Gasteiger charge is -2.22. The average molecular weight is 264 g/mol. The van der Waals surface area contributed by atoms with E-state index in [1.807, 2.05) is 30.3 Å². The maximum absolute atomic E-state index is 9.76. The number of carbonyl (C=O) groups is 1. The van der Waals surface area contributed by atoms with E-state index in [2.05, 4.69) is 22.3 Å². The van der Waals surface area contributed by atoms with Crippen LogP contribution in [0.3, 0.4) is 0 Å². The third kappa shape index (κ3) is 7.59. The number of benzene rings is 1. The van der Waals surface area contributed by atoms with E-state index in [1.165, 1.54) is 25.9 Å². The maximum atomic E-state index is 9.76. The number of hydrogen-bond acceptors (Lipinski definition) is 4. The summed E-state index contributed by atoms with van der Waals surface area (Å²) in [6.07, 6.45) is 2.60. The topological polar surface area (TPSA) is 50.4 Å². The minimum Gasteiger partial charge on any atom is -0.463 e. The van der Waals surface area contributed by atoms with Crippen LogP contribution in [-0.2, 0) is 16.1 Å². The zero-order valence-electron chi connectivity index (χ0n) is 11.6. The summed E-state index contributed by atoms with van der Waals surface area (Å²) in [4.78, 5) is 9.76. The summed E-state index contributed by atoms with van der Waals surface area (Å²) in [5.74, 6) is 0. The smallest absolute Gasteiger partial charge is 0.293 e. The Morgan fingerprint density at radius 3 is 2.58 bits per heavy atom. The van der Waals surface area contributed by atoms with Crippen LogP contribution in [0.15, 0.2) is 30.3 Å². The first-order valence-electron chi connectivity index (χ1n) is 6.90. The standard InChI is InChI=1S/C8H8O2.C7H16N2/c9-7-10-6-8-4-2-1-3-5-8;1-2-9-7-3-5-8-6-4-7/h1-5,7H,6H2;7-9H,2-6H2,1H3. The van der Waals surface area contributed by atoms with Crippen LogP contribution in [0.2, 0.25) is 0 Å². The Balaban J connectivity index is 0.000000191. The van der Waals surface area contributed by atoms with Gasteiger partial charge in [0.2, 0.25) is 0 Å². The number of carbonyl (C=O) groups excluding carboxylic acids is 1. The Morgan fingerprint density at radius 1 is 1.32 bits per heavy atom. The Bertz CT molecular complexity index is 321. The molecular weight excluding hydrogens is 240 g/mol. The van der Waals surface area contributed by atoms with Gasteiger partial charge in [0.1, 0.15) is 6.61 Å². The molecule has 0 atom stereocenters. The molecule has 0 saturated carbocycles. The SMILES string of the molecule is CCNC1CCNCC1.O=COCc1ccccc1. The summed E-state index contributed by atoms with van der Waals surface area (Å²) in [6, 6.07) is 10.3. The summed E-state index contributed by atoms with van der Waals surface area (Å²) in [6.45, 7) is 6.49. The molecule has 0 unspecified atom stereocenters. The molecule has 1 aromatic rings. The van der Waals surface area contributed by atoms with E-state index in [1.54, 1.807) is 0 Å². The second-order valence-electron chi connectivity index (χ2n) is 4.47. The maximum Gasteiger partial charge on any atom is 0.293 e. The van der Waals surface area contributed by atoms with Crippen molar-refractivity contribution < 1.29 is 9.53 Å². The van der Waals surface area contributed by atoms with Crippen molar-refractivity contribution in [1.29, 1.82) is 0 Å². The van der Waals surface area contributed by atoms with Gasteiger partial charge < -0.3 is 15.4 Å². The minimum atomic E-state index is 0.365. The van der Waals surface area contributed by atoms with Crippen molar-refractivity contribution in [3.05, 3.63) is 35.9 Å². The van der Waals surface area contributed by atoms with Gasteiger partial charge in [-0.25, -0.2) is 0 Å². The summed E-state index contributed by atoms with van der Waals surface area (Å²) in [7, 11) is 0. The van der Waals surface area contributed by atoms with Crippen LogP contribution in [0.1, 0.15) is 25.3 Å². The van der Waals surface area contributed by atoms with Gasteiger partial charge in [0.15, 0.2) is 0 Å². The molecule has 0 spiro atoms. The van der Waals surface area contributed by atoms with Gasteiger partial charge in [-0.1, -0.05) is 37.3 Å². The highest BCUT2D eigenvalue weighted by atomic mass is 16.5. The lowest BCUT2D eigenvalue weighted by Crippen LogP contribution is -2.39. The van der Waals surface area contributed by atoms with E-state index >= 15 is 0 Å². The summed E-state index contributed by atoms with van der Waals surface area (Å²) in [5.41, 5.74) is 1.01. The van der Waals surface area contributed by atoms with Crippen LogP contribution in [-0.4, -0.2) is 32.1 Å². The van der Waals surface area contributed by atoms with Gasteiger partial charge in [-0.05, 0) is 38.0 Å². The summed E-state index contributed by atoms with van der Waals surface area (Å²) >= 11 is 0. The van der Waals surface area contributed by atoms with Crippen LogP contribution in [0.4, 0.5) is 0 Å². The van der Waals surface area contributed by atoms with E-state index < -0.39 is 0 Å². The lowest BCUT2D eigenvalue weighted by atomic mass is 10.1. The number of hydrogen-bond donors (Lipinski definition) is 2. The molecule has 0 aliphatic carbocycles. The van der Waals surface area contributed by atoms with E-state index in [0.717, 1.165) is 18.2 Å². The molecule has 0 aromatic heterocycles. The largest absolute Gasteiger partial charge is 0.463 e. The quantitative estimate of drug-likeness (QED) is 0.795. The van der Waals surface area contributed by atoms with Gasteiger partial charge in [0.25, 0.3) is 6.47 Å². The fraction of sp³-hybridized carbons (Fsp3) is 0.533. The zero-order valence-corrected chi connectivity index (χ0v) is 11.6. The van der Waals surface area contributed by atoms with Gasteiger partial charge in [0.05, 0.1) is 0 Å². The van der Waals surface area contributed by atoms with Gasteiger partial charge in [0, 0.05) is 6.04 Å². The van der Waals surface area contributed by atoms with Crippen molar-refractivity contribution in [3.8, 4) is 0 Å². The molecular formula is C15H24N2O2. The van der Waals surface area contributed by atoms with Crippen LogP contribution in [0, 0.1) is 0 Å². The van der Waals surface area contributed by atoms with Crippen LogP contribution < -0.4 is 10.6 Å². The lowest BCUT2D eigenvalue weighted by molar-refractivity contribution is -0.129. The molecule has 19 heavy (non-hydrogen) atoms. The zero-order chi connectivity index (χ0) is 13.8. The first-order valence-corrected chi connectivity index (χ1v) is 6.90. The Hall–Kier alpha value is -1.39. The highest BCUT2D eigenvalue weighted by Gasteiger charge is 2.09. The van der Waals surface area contributed by atoms with E-state index in [4.69, 9.17) is 0 Å². The molecule has 106 valence electrons. The predicted molar refractivity (Wildman–Crippen MR) is 76.9 cm³/mol. The van der Waals surface area contributed by atoms with Crippen LogP contribution in [0.25, 0.3) is 0 Å². The number of nitrogens with one attached hydrogen (secondary N) is 2. The molecule has 1 aromatic carbocycles. The monoisotopic (exact) mass is 264 g/mol. The van der Waals surface area contributed by atoms with Crippen molar-refractivity contribution in [3.63, 3.8) is 0 Å². The molecule has 1 fully saturated rings. The predicted octanol–water partition coefficient (Wildman–Crippen LogP) is 1.71. The van der Waals surface area contributed by atoms with Gasteiger partial charge in [-0.2, -0.15) is 0 Å². The fourth-order valence-corrected chi connectivity index (χ4v) is 2.02. The fourth-order valence-electron chi connectivity index (χ4n) is 2.02. The van der Waals surface area contributed by atoms with Crippen molar-refractivity contribution in [2.75, 3.05) is 19.6 Å². The molecule has 1 aliphatic heterocycles. The molecule has 2 rings (SSSR count). The van der Waals surface area contributed by atoms with Crippen LogP contribution in [0.5, 0.6) is 0 Å². The molecule has 4 nitrogen and oxygen atoms in total. The normalized spacial score (nSPS) is 15.2. The van der Waals surface area contributed by atoms with Crippen molar-refractivity contribution >= 4 is 6.47 Å². The molecule has 0 amide bonds. The Kier molecular flexibility index (Phi) is 8.68. The average Bonchev–Trinajstić information content (AvgIpc) is 2.48. The molecule has 1 aliphatic rings. The number of rotatable bonds is 5. The Morgan fingerprint density at radius 2 is 2.00 bits per heavy atom. The molecule has 2 N–H and O–H groups in total.